The first-order valence-corrected chi connectivity index (χ1v) is 7.64. The Morgan fingerprint density at radius 1 is 1.40 bits per heavy atom. The Kier molecular flexibility index (Phi) is 7.71. The van der Waals surface area contributed by atoms with Crippen LogP contribution in [0, 0.1) is 14.8 Å². The molecule has 0 saturated carbocycles. The molecule has 0 aromatic heterocycles. The largest absolute Gasteiger partial charge is 0.366 e. The summed E-state index contributed by atoms with van der Waals surface area (Å²) in [7, 11) is 0. The molecule has 4 nitrogen and oxygen atoms in total. The lowest BCUT2D eigenvalue weighted by Crippen LogP contribution is -2.37. The third-order valence-electron chi connectivity index (χ3n) is 2.40. The first-order valence-electron chi connectivity index (χ1n) is 6.18. The van der Waals surface area contributed by atoms with Crippen molar-refractivity contribution >= 4 is 40.0 Å². The second-order valence-electron chi connectivity index (χ2n) is 3.88. The minimum atomic E-state index is -0.708. The molecule has 7 heteroatoms. The van der Waals surface area contributed by atoms with E-state index in [4.69, 9.17) is 26.5 Å². The zero-order chi connectivity index (χ0) is 15.1. The van der Waals surface area contributed by atoms with Crippen molar-refractivity contribution in [2.24, 2.45) is 0 Å². The molecule has 0 bridgehead atoms. The van der Waals surface area contributed by atoms with Gasteiger partial charge in [-0.05, 0) is 54.1 Å². The van der Waals surface area contributed by atoms with Gasteiger partial charge in [-0.2, -0.15) is 0 Å². The minimum Gasteiger partial charge on any atom is -0.366 e. The molecule has 1 aromatic carbocycles. The number of halogens is 3. The van der Waals surface area contributed by atoms with Gasteiger partial charge in [-0.3, -0.25) is 5.41 Å². The predicted octanol–water partition coefficient (Wildman–Crippen LogP) is 3.55. The minimum absolute atomic E-state index is 0.0754. The van der Waals surface area contributed by atoms with E-state index in [1.807, 2.05) is 36.4 Å². The SMILES string of the molecule is CCOC(OCC)C(=N)NCc1cc(Cl)c(F)c(I)c1. The average molecular weight is 415 g/mol. The predicted molar refractivity (Wildman–Crippen MR) is 85.7 cm³/mol. The molecule has 0 spiro atoms. The standard InChI is InChI=1S/C13H17ClFIN2O2/c1-3-19-13(20-4-2)12(17)18-7-8-5-9(14)11(15)10(16)6-8/h5-6,13H,3-4,7H2,1-2H3,(H2,17,18). The number of benzene rings is 1. The van der Waals surface area contributed by atoms with E-state index in [0.717, 1.165) is 5.56 Å². The Morgan fingerprint density at radius 2 is 2.00 bits per heavy atom. The van der Waals surface area contributed by atoms with Gasteiger partial charge in [0.15, 0.2) is 11.7 Å². The van der Waals surface area contributed by atoms with E-state index in [2.05, 4.69) is 5.32 Å². The molecule has 0 heterocycles. The van der Waals surface area contributed by atoms with Crippen LogP contribution in [0.2, 0.25) is 5.02 Å². The molecule has 0 radical (unpaired) electrons. The van der Waals surface area contributed by atoms with Crippen LogP contribution in [0.25, 0.3) is 0 Å². The topological polar surface area (TPSA) is 54.3 Å². The fourth-order valence-corrected chi connectivity index (χ4v) is 2.60. The maximum Gasteiger partial charge on any atom is 0.216 e. The Morgan fingerprint density at radius 3 is 2.50 bits per heavy atom. The van der Waals surface area contributed by atoms with Crippen molar-refractivity contribution in [3.05, 3.63) is 32.1 Å². The summed E-state index contributed by atoms with van der Waals surface area (Å²) in [6.45, 7) is 4.93. The molecule has 112 valence electrons. The van der Waals surface area contributed by atoms with Gasteiger partial charge in [-0.15, -0.1) is 0 Å². The maximum absolute atomic E-state index is 13.4. The monoisotopic (exact) mass is 414 g/mol. The van der Waals surface area contributed by atoms with Crippen molar-refractivity contribution in [2.75, 3.05) is 13.2 Å². The van der Waals surface area contributed by atoms with E-state index in [0.29, 0.717) is 23.3 Å². The molecule has 0 aliphatic heterocycles. The lowest BCUT2D eigenvalue weighted by molar-refractivity contribution is -0.0923. The van der Waals surface area contributed by atoms with E-state index in [1.54, 1.807) is 6.07 Å². The number of hydrogen-bond acceptors (Lipinski definition) is 3. The first kappa shape index (κ1) is 17.6. The second-order valence-corrected chi connectivity index (χ2v) is 5.45. The van der Waals surface area contributed by atoms with E-state index in [-0.39, 0.29) is 10.9 Å². The Bertz CT molecular complexity index is 445. The third-order valence-corrected chi connectivity index (χ3v) is 3.46. The maximum atomic E-state index is 13.4. The summed E-state index contributed by atoms with van der Waals surface area (Å²) < 4.78 is 24.4. The molecule has 0 fully saturated rings. The summed E-state index contributed by atoms with van der Waals surface area (Å²) in [4.78, 5) is 0. The fraction of sp³-hybridized carbons (Fsp3) is 0.462. The van der Waals surface area contributed by atoms with Crippen LogP contribution < -0.4 is 5.32 Å². The van der Waals surface area contributed by atoms with Crippen molar-refractivity contribution in [1.29, 1.82) is 5.41 Å². The fourth-order valence-electron chi connectivity index (χ4n) is 1.51. The van der Waals surface area contributed by atoms with Crippen LogP contribution >= 0.6 is 34.2 Å². The van der Waals surface area contributed by atoms with Gasteiger partial charge in [0.05, 0.1) is 8.59 Å². The molecule has 0 saturated heterocycles. The van der Waals surface area contributed by atoms with Gasteiger partial charge in [-0.1, -0.05) is 11.6 Å². The molecule has 0 aliphatic rings. The highest BCUT2D eigenvalue weighted by Gasteiger charge is 2.15. The van der Waals surface area contributed by atoms with E-state index in [1.165, 1.54) is 6.07 Å². The van der Waals surface area contributed by atoms with Crippen LogP contribution in [0.3, 0.4) is 0 Å². The van der Waals surface area contributed by atoms with Crippen molar-refractivity contribution in [1.82, 2.24) is 5.32 Å². The van der Waals surface area contributed by atoms with Crippen LogP contribution in [-0.2, 0) is 16.0 Å². The molecule has 1 aromatic rings. The van der Waals surface area contributed by atoms with Crippen LogP contribution in [-0.4, -0.2) is 25.3 Å². The third kappa shape index (κ3) is 5.16. The summed E-state index contributed by atoms with van der Waals surface area (Å²) in [5.41, 5.74) is 0.789. The van der Waals surface area contributed by atoms with Crippen molar-refractivity contribution in [3.63, 3.8) is 0 Å². The molecule has 0 amide bonds. The normalized spacial score (nSPS) is 10.9. The van der Waals surface area contributed by atoms with Crippen LogP contribution in [0.4, 0.5) is 4.39 Å². The number of rotatable bonds is 7. The van der Waals surface area contributed by atoms with Gasteiger partial charge in [0.25, 0.3) is 0 Å². The van der Waals surface area contributed by atoms with E-state index in [9.17, 15) is 4.39 Å². The summed E-state index contributed by atoms with van der Waals surface area (Å²) >= 11 is 7.67. The Labute approximate surface area is 136 Å². The van der Waals surface area contributed by atoms with Gasteiger partial charge in [0.2, 0.25) is 6.29 Å². The number of amidine groups is 1. The summed E-state index contributed by atoms with van der Waals surface area (Å²) in [5.74, 6) is -0.295. The highest BCUT2D eigenvalue weighted by molar-refractivity contribution is 14.1. The summed E-state index contributed by atoms with van der Waals surface area (Å²) in [6, 6.07) is 3.22. The average Bonchev–Trinajstić information content (AvgIpc) is 2.41. The highest BCUT2D eigenvalue weighted by Crippen LogP contribution is 2.22. The summed E-state index contributed by atoms with van der Waals surface area (Å²) in [6.07, 6.45) is -0.708. The second kappa shape index (κ2) is 8.76. The van der Waals surface area contributed by atoms with Gasteiger partial charge in [0.1, 0.15) is 0 Å². The lowest BCUT2D eigenvalue weighted by atomic mass is 10.2. The Balaban J connectivity index is 2.64. The lowest BCUT2D eigenvalue weighted by Gasteiger charge is -2.19. The first-order chi connectivity index (χ1) is 9.49. The number of hydrogen-bond donors (Lipinski definition) is 2. The Hall–Kier alpha value is -0.440. The van der Waals surface area contributed by atoms with Gasteiger partial charge in [0, 0.05) is 19.8 Å². The molecule has 2 N–H and O–H groups in total. The zero-order valence-corrected chi connectivity index (χ0v) is 14.2. The quantitative estimate of drug-likeness (QED) is 0.236. The van der Waals surface area contributed by atoms with Gasteiger partial charge < -0.3 is 14.8 Å². The molecular weight excluding hydrogens is 398 g/mol. The van der Waals surface area contributed by atoms with Crippen molar-refractivity contribution < 1.29 is 13.9 Å². The highest BCUT2D eigenvalue weighted by atomic mass is 127. The molecule has 0 aliphatic carbocycles. The summed E-state index contributed by atoms with van der Waals surface area (Å²) in [5, 5.41) is 10.8. The van der Waals surface area contributed by atoms with Crippen LogP contribution in [0.5, 0.6) is 0 Å². The van der Waals surface area contributed by atoms with Crippen LogP contribution in [0.1, 0.15) is 19.4 Å². The molecule has 0 atom stereocenters. The zero-order valence-electron chi connectivity index (χ0n) is 11.3. The molecule has 1 rings (SSSR count). The van der Waals surface area contributed by atoms with E-state index >= 15 is 0 Å². The van der Waals surface area contributed by atoms with Crippen LogP contribution in [0.15, 0.2) is 12.1 Å². The van der Waals surface area contributed by atoms with Gasteiger partial charge >= 0.3 is 0 Å². The molecule has 20 heavy (non-hydrogen) atoms. The molecule has 0 unspecified atom stereocenters. The van der Waals surface area contributed by atoms with Crippen molar-refractivity contribution in [2.45, 2.75) is 26.7 Å². The number of ether oxygens (including phenoxy) is 2. The smallest absolute Gasteiger partial charge is 0.216 e. The van der Waals surface area contributed by atoms with Gasteiger partial charge in [-0.25, -0.2) is 4.39 Å². The number of nitrogens with one attached hydrogen (secondary N) is 2. The van der Waals surface area contributed by atoms with E-state index < -0.39 is 12.1 Å². The molecular formula is C13H17ClFIN2O2. The van der Waals surface area contributed by atoms with Crippen molar-refractivity contribution in [3.8, 4) is 0 Å².